The monoisotopic (exact) mass is 348 g/mol. The van der Waals surface area contributed by atoms with Crippen LogP contribution in [0.2, 0.25) is 0 Å². The number of thioether (sulfide) groups is 1. The van der Waals surface area contributed by atoms with Crippen LogP contribution in [0.3, 0.4) is 0 Å². The summed E-state index contributed by atoms with van der Waals surface area (Å²) in [4.78, 5) is 12.9. The molecule has 0 aliphatic carbocycles. The van der Waals surface area contributed by atoms with E-state index in [4.69, 9.17) is 4.42 Å². The lowest BCUT2D eigenvalue weighted by molar-refractivity contribution is 0.0982. The first-order valence-electron chi connectivity index (χ1n) is 7.01. The van der Waals surface area contributed by atoms with Crippen LogP contribution in [0, 0.1) is 5.82 Å². The van der Waals surface area contributed by atoms with E-state index in [1.165, 1.54) is 36.0 Å². The Morgan fingerprint density at radius 3 is 2.78 bits per heavy atom. The highest BCUT2D eigenvalue weighted by molar-refractivity contribution is 7.99. The van der Waals surface area contributed by atoms with Crippen molar-refractivity contribution in [2.75, 3.05) is 5.75 Å². The van der Waals surface area contributed by atoms with Crippen LogP contribution in [0.5, 0.6) is 0 Å². The number of hydrogen-bond donors (Lipinski definition) is 0. The van der Waals surface area contributed by atoms with Crippen molar-refractivity contribution in [1.29, 1.82) is 0 Å². The molecule has 2 heterocycles. The predicted molar refractivity (Wildman–Crippen MR) is 88.3 cm³/mol. The molecule has 7 heteroatoms. The molecule has 0 atom stereocenters. The molecule has 0 saturated heterocycles. The number of carbonyl (C=O) groups is 1. The van der Waals surface area contributed by atoms with Gasteiger partial charge in [-0.05, 0) is 42.1 Å². The Hall–Kier alpha value is -1.99. The maximum Gasteiger partial charge on any atom is 0.276 e. The second-order valence-electron chi connectivity index (χ2n) is 4.73. The van der Waals surface area contributed by atoms with E-state index in [2.05, 4.69) is 10.2 Å². The Labute approximate surface area is 140 Å². The van der Waals surface area contributed by atoms with Gasteiger partial charge in [0.05, 0.1) is 4.88 Å². The van der Waals surface area contributed by atoms with E-state index >= 15 is 0 Å². The second-order valence-corrected chi connectivity index (χ2v) is 6.73. The summed E-state index contributed by atoms with van der Waals surface area (Å²) < 4.78 is 18.4. The van der Waals surface area contributed by atoms with E-state index < -0.39 is 0 Å². The lowest BCUT2D eigenvalue weighted by Crippen LogP contribution is -1.99. The quantitative estimate of drug-likeness (QED) is 0.352. The SMILES string of the molecule is O=C(CCCSc1nnc(-c2cccs2)o1)c1ccc(F)cc1. The average molecular weight is 348 g/mol. The van der Waals surface area contributed by atoms with Crippen molar-refractivity contribution >= 4 is 28.9 Å². The molecule has 3 aromatic rings. The molecule has 4 nitrogen and oxygen atoms in total. The van der Waals surface area contributed by atoms with Gasteiger partial charge in [-0.1, -0.05) is 17.8 Å². The largest absolute Gasteiger partial charge is 0.410 e. The molecule has 0 amide bonds. The zero-order chi connectivity index (χ0) is 16.1. The highest BCUT2D eigenvalue weighted by Gasteiger charge is 2.10. The summed E-state index contributed by atoms with van der Waals surface area (Å²) in [6.07, 6.45) is 1.10. The van der Waals surface area contributed by atoms with E-state index in [9.17, 15) is 9.18 Å². The summed E-state index contributed by atoms with van der Waals surface area (Å²) in [5, 5.41) is 10.4. The smallest absolute Gasteiger partial charge is 0.276 e. The highest BCUT2D eigenvalue weighted by atomic mass is 32.2. The number of Topliss-reactive ketones (excluding diaryl/α,β-unsaturated/α-hetero) is 1. The number of aromatic nitrogens is 2. The number of rotatable bonds is 7. The first kappa shape index (κ1) is 15.9. The van der Waals surface area contributed by atoms with Crippen LogP contribution in [-0.2, 0) is 0 Å². The molecule has 2 aromatic heterocycles. The molecule has 0 spiro atoms. The number of nitrogens with zero attached hydrogens (tertiary/aromatic N) is 2. The van der Waals surface area contributed by atoms with E-state index in [1.54, 1.807) is 11.3 Å². The van der Waals surface area contributed by atoms with Crippen molar-refractivity contribution in [2.24, 2.45) is 0 Å². The number of halogens is 1. The van der Waals surface area contributed by atoms with Crippen molar-refractivity contribution in [3.8, 4) is 10.8 Å². The third-order valence-electron chi connectivity index (χ3n) is 3.08. The first-order chi connectivity index (χ1) is 11.2. The third-order valence-corrected chi connectivity index (χ3v) is 4.84. The Morgan fingerprint density at radius 2 is 2.04 bits per heavy atom. The topological polar surface area (TPSA) is 56.0 Å². The maximum atomic E-state index is 12.8. The molecule has 3 rings (SSSR count). The fraction of sp³-hybridized carbons (Fsp3) is 0.188. The van der Waals surface area contributed by atoms with Crippen LogP contribution in [0.1, 0.15) is 23.2 Å². The van der Waals surface area contributed by atoms with Crippen molar-refractivity contribution < 1.29 is 13.6 Å². The molecule has 0 fully saturated rings. The molecule has 0 N–H and O–H groups in total. The zero-order valence-corrected chi connectivity index (χ0v) is 13.7. The summed E-state index contributed by atoms with van der Waals surface area (Å²) in [7, 11) is 0. The normalized spacial score (nSPS) is 10.8. The minimum atomic E-state index is -0.338. The molecule has 0 saturated carbocycles. The van der Waals surface area contributed by atoms with Gasteiger partial charge in [-0.2, -0.15) is 0 Å². The Kier molecular flexibility index (Phi) is 5.19. The van der Waals surface area contributed by atoms with Gasteiger partial charge in [0.1, 0.15) is 5.82 Å². The maximum absolute atomic E-state index is 12.8. The van der Waals surface area contributed by atoms with Crippen LogP contribution in [-0.4, -0.2) is 21.7 Å². The molecule has 1 aromatic carbocycles. The minimum Gasteiger partial charge on any atom is -0.410 e. The number of carbonyl (C=O) groups excluding carboxylic acids is 1. The molecule has 0 radical (unpaired) electrons. The average Bonchev–Trinajstić information content (AvgIpc) is 3.23. The van der Waals surface area contributed by atoms with Gasteiger partial charge < -0.3 is 4.42 Å². The number of thiophene rings is 1. The summed E-state index contributed by atoms with van der Waals surface area (Å²) >= 11 is 2.97. The molecular formula is C16H13FN2O2S2. The fourth-order valence-corrected chi connectivity index (χ4v) is 3.28. The Balaban J connectivity index is 1.45. The van der Waals surface area contributed by atoms with Gasteiger partial charge in [-0.15, -0.1) is 21.5 Å². The van der Waals surface area contributed by atoms with Gasteiger partial charge in [-0.3, -0.25) is 4.79 Å². The van der Waals surface area contributed by atoms with Crippen LogP contribution in [0.15, 0.2) is 51.4 Å². The lowest BCUT2D eigenvalue weighted by Gasteiger charge is -2.00. The van der Waals surface area contributed by atoms with Gasteiger partial charge >= 0.3 is 0 Å². The number of benzene rings is 1. The zero-order valence-electron chi connectivity index (χ0n) is 12.1. The Morgan fingerprint density at radius 1 is 1.22 bits per heavy atom. The second kappa shape index (κ2) is 7.52. The fourth-order valence-electron chi connectivity index (χ4n) is 1.94. The molecule has 118 valence electrons. The molecule has 0 bridgehead atoms. The highest BCUT2D eigenvalue weighted by Crippen LogP contribution is 2.26. The summed E-state index contributed by atoms with van der Waals surface area (Å²) in [5.41, 5.74) is 0.536. The lowest BCUT2D eigenvalue weighted by atomic mass is 10.1. The van der Waals surface area contributed by atoms with Crippen LogP contribution < -0.4 is 0 Å². The number of ketones is 1. The summed E-state index contributed by atoms with van der Waals surface area (Å²) in [6, 6.07) is 9.47. The summed E-state index contributed by atoms with van der Waals surface area (Å²) in [5.74, 6) is 0.897. The molecule has 0 aliphatic rings. The van der Waals surface area contributed by atoms with Crippen molar-refractivity contribution in [2.45, 2.75) is 18.1 Å². The first-order valence-corrected chi connectivity index (χ1v) is 8.88. The minimum absolute atomic E-state index is 0.00963. The van der Waals surface area contributed by atoms with E-state index in [0.717, 1.165) is 4.88 Å². The van der Waals surface area contributed by atoms with E-state index in [-0.39, 0.29) is 11.6 Å². The third kappa shape index (κ3) is 4.27. The van der Waals surface area contributed by atoms with Gasteiger partial charge in [-0.25, -0.2) is 4.39 Å². The number of hydrogen-bond acceptors (Lipinski definition) is 6. The van der Waals surface area contributed by atoms with Crippen LogP contribution in [0.4, 0.5) is 4.39 Å². The van der Waals surface area contributed by atoms with Gasteiger partial charge in [0.15, 0.2) is 5.78 Å². The molecule has 23 heavy (non-hydrogen) atoms. The van der Waals surface area contributed by atoms with Crippen LogP contribution in [0.25, 0.3) is 10.8 Å². The van der Waals surface area contributed by atoms with Crippen LogP contribution >= 0.6 is 23.1 Å². The van der Waals surface area contributed by atoms with Crippen molar-refractivity contribution in [3.63, 3.8) is 0 Å². The van der Waals surface area contributed by atoms with Gasteiger partial charge in [0.2, 0.25) is 0 Å². The molecular weight excluding hydrogens is 335 g/mol. The van der Waals surface area contributed by atoms with Gasteiger partial charge in [0, 0.05) is 17.7 Å². The van der Waals surface area contributed by atoms with E-state index in [0.29, 0.717) is 35.3 Å². The van der Waals surface area contributed by atoms with Crippen molar-refractivity contribution in [1.82, 2.24) is 10.2 Å². The van der Waals surface area contributed by atoms with Gasteiger partial charge in [0.25, 0.3) is 11.1 Å². The van der Waals surface area contributed by atoms with E-state index in [1.807, 2.05) is 17.5 Å². The van der Waals surface area contributed by atoms with Crippen molar-refractivity contribution in [3.05, 3.63) is 53.2 Å². The standard InChI is InChI=1S/C16H13FN2O2S2/c17-12-7-5-11(6-8-12)13(20)3-1-10-23-16-19-18-15(21-16)14-4-2-9-22-14/h2,4-9H,1,3,10H2. The molecule has 0 unspecified atom stereocenters. The Bertz CT molecular complexity index is 770. The predicted octanol–water partition coefficient (Wildman–Crippen LogP) is 4.69. The summed E-state index contributed by atoms with van der Waals surface area (Å²) in [6.45, 7) is 0. The molecule has 0 aliphatic heterocycles.